The van der Waals surface area contributed by atoms with E-state index < -0.39 is 60.2 Å². The topological polar surface area (TPSA) is 237 Å². The number of pyridine rings is 1. The number of carboxylic acid groups (broad SMARTS) is 1. The molecule has 1 saturated carbocycles. The van der Waals surface area contributed by atoms with Gasteiger partial charge >= 0.3 is 24.5 Å². The number of hydrazine groups is 1. The van der Waals surface area contributed by atoms with Crippen molar-refractivity contribution < 1.29 is 71.2 Å². The second kappa shape index (κ2) is 33.2. The minimum Gasteiger partial charge on any atom is -0.489 e. The molecule has 18 nitrogen and oxygen atoms in total. The summed E-state index contributed by atoms with van der Waals surface area (Å²) in [4.78, 5) is 102. The van der Waals surface area contributed by atoms with Gasteiger partial charge in [0, 0.05) is 30.6 Å². The van der Waals surface area contributed by atoms with Crippen molar-refractivity contribution in [1.82, 2.24) is 10.3 Å². The van der Waals surface area contributed by atoms with Crippen LogP contribution in [0.4, 0.5) is 25.8 Å². The molecule has 2 aliphatic rings. The number of thioether (sulfide) groups is 1. The highest BCUT2D eigenvalue weighted by molar-refractivity contribution is 8.13. The van der Waals surface area contributed by atoms with E-state index in [0.717, 1.165) is 42.2 Å². The average molecular weight is 1230 g/mol. The third kappa shape index (κ3) is 20.4. The second-order valence-electron chi connectivity index (χ2n) is 19.4. The summed E-state index contributed by atoms with van der Waals surface area (Å²) in [5, 5.41) is 17.0. The lowest BCUT2D eigenvalue weighted by Gasteiger charge is -2.27. The van der Waals surface area contributed by atoms with Gasteiger partial charge in [-0.1, -0.05) is 152 Å². The van der Waals surface area contributed by atoms with Gasteiger partial charge in [-0.15, -0.1) is 0 Å². The maximum absolute atomic E-state index is 13.8. The fraction of sp³-hybridized carbons (Fsp3) is 0.306. The molecule has 1 saturated heterocycles. The number of carbonyl (C=O) groups is 8. The van der Waals surface area contributed by atoms with Crippen LogP contribution >= 0.6 is 35.0 Å². The molecule has 3 N–H and O–H groups in total. The van der Waals surface area contributed by atoms with Gasteiger partial charge in [0.05, 0.1) is 52.5 Å². The Labute approximate surface area is 504 Å². The number of ether oxygens (including phenoxy) is 4. The number of nitrogens with one attached hydrogen (secondary N) is 2. The summed E-state index contributed by atoms with van der Waals surface area (Å²) in [6.07, 6.45) is 6.07. The van der Waals surface area contributed by atoms with Crippen LogP contribution in [0.5, 0.6) is 11.5 Å². The molecule has 2 heterocycles. The van der Waals surface area contributed by atoms with E-state index in [1.54, 1.807) is 48.5 Å². The molecular weight excluding hydrogens is 1160 g/mol. The molecule has 0 radical (unpaired) electrons. The van der Waals surface area contributed by atoms with Crippen LogP contribution in [0.3, 0.4) is 0 Å². The van der Waals surface area contributed by atoms with E-state index in [4.69, 9.17) is 42.5 Å². The number of hydrogen-bond donors (Lipinski definition) is 3. The number of para-hydroxylation sites is 2. The van der Waals surface area contributed by atoms with Gasteiger partial charge in [-0.25, -0.2) is 10.0 Å². The molecule has 0 bridgehead atoms. The van der Waals surface area contributed by atoms with E-state index in [9.17, 15) is 47.1 Å². The molecule has 448 valence electrons. The van der Waals surface area contributed by atoms with Gasteiger partial charge < -0.3 is 34.7 Å². The first-order chi connectivity index (χ1) is 40.9. The molecule has 23 heteroatoms. The van der Waals surface area contributed by atoms with Crippen molar-refractivity contribution in [1.29, 1.82) is 0 Å². The normalized spacial score (nSPS) is 13.5. The number of alkyl halides is 2. The van der Waals surface area contributed by atoms with E-state index in [1.165, 1.54) is 47.5 Å². The second-order valence-corrected chi connectivity index (χ2v) is 21.4. The number of aromatic nitrogens is 1. The molecule has 5 aromatic carbocycles. The molecule has 1 aliphatic carbocycles. The van der Waals surface area contributed by atoms with Crippen molar-refractivity contribution in [3.63, 3.8) is 0 Å². The van der Waals surface area contributed by atoms with Gasteiger partial charge in [0.25, 0.3) is 17.7 Å². The first-order valence-electron chi connectivity index (χ1n) is 27.0. The zero-order chi connectivity index (χ0) is 61.3. The minimum absolute atomic E-state index is 0.0388. The number of rotatable bonds is 26. The van der Waals surface area contributed by atoms with Crippen molar-refractivity contribution in [2.75, 3.05) is 40.8 Å². The van der Waals surface area contributed by atoms with Crippen LogP contribution < -0.4 is 30.1 Å². The predicted molar refractivity (Wildman–Crippen MR) is 317 cm³/mol. The minimum atomic E-state index is -2.99. The Morgan fingerprint density at radius 2 is 1.32 bits per heavy atom. The third-order valence-electron chi connectivity index (χ3n) is 12.9. The first-order valence-corrected chi connectivity index (χ1v) is 28.8. The molecule has 1 unspecified atom stereocenters. The molecular formula is C62H63Cl2F2N5O13S. The zero-order valence-electron chi connectivity index (χ0n) is 46.5. The van der Waals surface area contributed by atoms with Crippen molar-refractivity contribution in [3.8, 4) is 11.5 Å². The van der Waals surface area contributed by atoms with Gasteiger partial charge in [0.15, 0.2) is 22.0 Å². The fourth-order valence-electron chi connectivity index (χ4n) is 8.26. The van der Waals surface area contributed by atoms with Gasteiger partial charge in [-0.3, -0.25) is 43.3 Å². The van der Waals surface area contributed by atoms with Crippen LogP contribution in [0.2, 0.25) is 10.0 Å². The van der Waals surface area contributed by atoms with Gasteiger partial charge in [-0.2, -0.15) is 8.78 Å². The van der Waals surface area contributed by atoms with Crippen LogP contribution in [0.25, 0.3) is 0 Å². The number of anilines is 3. The Hall–Kier alpha value is -8.40. The Kier molecular flexibility index (Phi) is 25.7. The number of halogens is 4. The van der Waals surface area contributed by atoms with Crippen LogP contribution in [0.1, 0.15) is 80.3 Å². The number of carboxylic acids is 1. The first kappa shape index (κ1) is 65.7. The number of aliphatic carboxylic acids is 1. The average Bonchev–Trinajstić information content (AvgIpc) is 1.83. The Morgan fingerprint density at radius 3 is 1.85 bits per heavy atom. The number of unbranched alkanes of at least 4 members (excludes halogenated alkanes) is 1. The lowest BCUT2D eigenvalue weighted by Crippen LogP contribution is -2.42. The van der Waals surface area contributed by atoms with Crippen LogP contribution in [-0.2, 0) is 56.1 Å². The highest BCUT2D eigenvalue weighted by Gasteiger charge is 2.60. The maximum Gasteiger partial charge on any atom is 0.387 e. The molecule has 6 aromatic rings. The summed E-state index contributed by atoms with van der Waals surface area (Å²) in [5.41, 5.74) is 1.74. The molecule has 85 heavy (non-hydrogen) atoms. The lowest BCUT2D eigenvalue weighted by atomic mass is 9.82. The van der Waals surface area contributed by atoms with Crippen LogP contribution in [0, 0.1) is 17.3 Å². The highest BCUT2D eigenvalue weighted by Crippen LogP contribution is 2.42. The largest absolute Gasteiger partial charge is 0.489 e. The Bertz CT molecular complexity index is 3150. The fourth-order valence-corrected chi connectivity index (χ4v) is 9.42. The molecule has 4 amide bonds. The Morgan fingerprint density at radius 1 is 0.753 bits per heavy atom. The van der Waals surface area contributed by atoms with E-state index in [-0.39, 0.29) is 76.2 Å². The summed E-state index contributed by atoms with van der Waals surface area (Å²) in [6, 6.07) is 40.5. The number of esters is 2. The predicted octanol–water partition coefficient (Wildman–Crippen LogP) is 11.6. The quantitative estimate of drug-likeness (QED) is 0.0338. The molecule has 8 rings (SSSR count). The summed E-state index contributed by atoms with van der Waals surface area (Å²) in [6.45, 7) is 0.351. The highest BCUT2D eigenvalue weighted by atomic mass is 35.5. The number of benzene rings is 5. The number of hydrogen-bond acceptors (Lipinski definition) is 14. The number of amides is 4. The van der Waals surface area contributed by atoms with Crippen molar-refractivity contribution >= 4 is 98.7 Å². The van der Waals surface area contributed by atoms with E-state index in [2.05, 4.69) is 20.4 Å². The number of nitrogens with zero attached hydrogens (tertiary/aromatic N) is 3. The van der Waals surface area contributed by atoms with Crippen molar-refractivity contribution in [2.24, 2.45) is 17.3 Å². The molecule has 1 atom stereocenters. The van der Waals surface area contributed by atoms with Crippen molar-refractivity contribution in [3.05, 3.63) is 179 Å². The van der Waals surface area contributed by atoms with Crippen LogP contribution in [0.15, 0.2) is 152 Å². The Balaban J connectivity index is 0.000000206. The summed E-state index contributed by atoms with van der Waals surface area (Å²) >= 11 is 13.1. The maximum atomic E-state index is 13.8. The smallest absolute Gasteiger partial charge is 0.387 e. The molecule has 0 spiro atoms. The summed E-state index contributed by atoms with van der Waals surface area (Å²) in [5.74, 6) is -3.79. The molecule has 2 fully saturated rings. The SMILES string of the molecule is CC(=O)SCC(Cc1ccccc1)C(=O)NCC(=O)OCc1ccccc1.CCCCC1(COC(=O)CCC(=O)O)C(=O)N(c2ccccc2)N(c2ccccc2)C1=O.O=C(Nc1c(Cl)cncc1Cl)c1ccc(OC(F)F)c(OCC2CC2)c1. The van der Waals surface area contributed by atoms with Gasteiger partial charge in [-0.05, 0) is 85.2 Å². The molecule has 1 aliphatic heterocycles. The zero-order valence-corrected chi connectivity index (χ0v) is 48.8. The standard InChI is InChI=1S/C24H26N2O6.C21H23NO4S.C17H14Cl2F2N2O3/c1-2-3-16-24(17-32-21(29)15-14-20(27)28)22(30)25(18-10-6-4-7-11-18)26(23(24)31)19-12-8-5-9-13-19;1-16(23)27-15-19(12-17-8-4-2-5-9-17)21(25)22-13-20(24)26-14-18-10-6-3-7-11-18;18-11-6-22-7-12(19)15(11)23-16(24)10-3-4-13(26-17(20)21)14(5-10)25-8-9-1-2-9/h4-13H,2-3,14-17H2,1H3,(H,27,28);2-11,19H,12-15H2,1H3,(H,22,25);3-7,9,17H,1-2,8H2,(H,22,23,24). The van der Waals surface area contributed by atoms with Crippen molar-refractivity contribution in [2.45, 2.75) is 78.4 Å². The van der Waals surface area contributed by atoms with E-state index in [0.29, 0.717) is 42.5 Å². The molecule has 1 aromatic heterocycles. The summed E-state index contributed by atoms with van der Waals surface area (Å²) < 4.78 is 45.6. The van der Waals surface area contributed by atoms with Crippen LogP contribution in [-0.4, -0.2) is 88.9 Å². The monoisotopic (exact) mass is 1230 g/mol. The third-order valence-corrected chi connectivity index (χ3v) is 14.5. The van der Waals surface area contributed by atoms with E-state index in [1.807, 2.05) is 79.7 Å². The number of carbonyl (C=O) groups excluding carboxylic acids is 7. The van der Waals surface area contributed by atoms with E-state index >= 15 is 0 Å². The van der Waals surface area contributed by atoms with Gasteiger partial charge in [0.2, 0.25) is 5.91 Å². The van der Waals surface area contributed by atoms with Gasteiger partial charge in [0.1, 0.15) is 19.8 Å². The summed E-state index contributed by atoms with van der Waals surface area (Å²) in [7, 11) is 0. The lowest BCUT2D eigenvalue weighted by molar-refractivity contribution is -0.154.